The number of benzene rings is 1. The fourth-order valence-corrected chi connectivity index (χ4v) is 2.60. The molecule has 94 valence electrons. The summed E-state index contributed by atoms with van der Waals surface area (Å²) < 4.78 is 0. The maximum absolute atomic E-state index is 9.84. The van der Waals surface area contributed by atoms with E-state index in [2.05, 4.69) is 29.8 Å². The number of para-hydroxylation sites is 1. The summed E-state index contributed by atoms with van der Waals surface area (Å²) in [4.78, 5) is 4.76. The molecule has 0 saturated carbocycles. The molecule has 0 amide bonds. The molecule has 2 atom stereocenters. The Balaban J connectivity index is 2.27. The van der Waals surface area contributed by atoms with Crippen LogP contribution in [-0.4, -0.2) is 42.7 Å². The number of aliphatic hydroxyl groups excluding tert-OH is 1. The molecule has 17 heavy (non-hydrogen) atoms. The van der Waals surface area contributed by atoms with E-state index in [9.17, 15) is 5.11 Å². The highest BCUT2D eigenvalue weighted by Gasteiger charge is 2.23. The van der Waals surface area contributed by atoms with E-state index >= 15 is 0 Å². The molecular weight excluding hydrogens is 212 g/mol. The minimum absolute atomic E-state index is 0.405. The summed E-state index contributed by atoms with van der Waals surface area (Å²) in [6.07, 6.45) is -0.405. The fraction of sp³-hybridized carbons (Fsp3) is 0.571. The van der Waals surface area contributed by atoms with E-state index in [0.29, 0.717) is 6.04 Å². The average Bonchev–Trinajstić information content (AvgIpc) is 2.29. The van der Waals surface area contributed by atoms with E-state index in [1.165, 1.54) is 5.69 Å². The van der Waals surface area contributed by atoms with Crippen molar-refractivity contribution in [3.8, 4) is 0 Å². The van der Waals surface area contributed by atoms with Crippen LogP contribution in [0.4, 0.5) is 5.69 Å². The van der Waals surface area contributed by atoms with Gasteiger partial charge < -0.3 is 14.9 Å². The summed E-state index contributed by atoms with van der Waals surface area (Å²) in [7, 11) is 2.16. The van der Waals surface area contributed by atoms with Crippen LogP contribution in [0.2, 0.25) is 0 Å². The average molecular weight is 234 g/mol. The monoisotopic (exact) mass is 234 g/mol. The van der Waals surface area contributed by atoms with Crippen molar-refractivity contribution < 1.29 is 5.11 Å². The van der Waals surface area contributed by atoms with Crippen molar-refractivity contribution in [1.82, 2.24) is 4.90 Å². The van der Waals surface area contributed by atoms with Gasteiger partial charge in [-0.1, -0.05) is 18.2 Å². The highest BCUT2D eigenvalue weighted by molar-refractivity contribution is 5.55. The fourth-order valence-electron chi connectivity index (χ4n) is 2.60. The van der Waals surface area contributed by atoms with Gasteiger partial charge in [0.1, 0.15) is 0 Å². The standard InChI is InChI=1S/C14H22N2O/c1-11-10-15(3)8-9-16(11)14-7-5-4-6-13(14)12(2)17/h4-7,11-12,17H,8-10H2,1-3H3/t11?,12-/m1/s1. The van der Waals surface area contributed by atoms with E-state index in [1.54, 1.807) is 0 Å². The lowest BCUT2D eigenvalue weighted by atomic mass is 10.0. The second kappa shape index (κ2) is 5.07. The molecule has 0 bridgehead atoms. The van der Waals surface area contributed by atoms with Crippen molar-refractivity contribution in [3.05, 3.63) is 29.8 Å². The summed E-state index contributed by atoms with van der Waals surface area (Å²) in [5, 5.41) is 9.84. The smallest absolute Gasteiger partial charge is 0.0781 e. The Morgan fingerprint density at radius 1 is 1.29 bits per heavy atom. The van der Waals surface area contributed by atoms with E-state index in [1.807, 2.05) is 25.1 Å². The zero-order chi connectivity index (χ0) is 12.4. The van der Waals surface area contributed by atoms with Gasteiger partial charge in [-0.15, -0.1) is 0 Å². The maximum atomic E-state index is 9.84. The molecule has 1 aromatic carbocycles. The third kappa shape index (κ3) is 2.61. The molecule has 1 unspecified atom stereocenters. The van der Waals surface area contributed by atoms with Gasteiger partial charge in [-0.25, -0.2) is 0 Å². The molecule has 3 heteroatoms. The van der Waals surface area contributed by atoms with Crippen molar-refractivity contribution >= 4 is 5.69 Å². The van der Waals surface area contributed by atoms with Crippen LogP contribution in [0.15, 0.2) is 24.3 Å². The van der Waals surface area contributed by atoms with Gasteiger partial charge in [0.15, 0.2) is 0 Å². The highest BCUT2D eigenvalue weighted by Crippen LogP contribution is 2.28. The highest BCUT2D eigenvalue weighted by atomic mass is 16.3. The van der Waals surface area contributed by atoms with Crippen LogP contribution >= 0.6 is 0 Å². The lowest BCUT2D eigenvalue weighted by Crippen LogP contribution is -2.50. The molecule has 2 rings (SSSR count). The Hall–Kier alpha value is -1.06. The Kier molecular flexibility index (Phi) is 3.69. The van der Waals surface area contributed by atoms with Crippen molar-refractivity contribution in [1.29, 1.82) is 0 Å². The predicted molar refractivity (Wildman–Crippen MR) is 71.4 cm³/mol. The number of likely N-dealkylation sites (N-methyl/N-ethyl adjacent to an activating group) is 1. The van der Waals surface area contributed by atoms with Crippen LogP contribution in [0.5, 0.6) is 0 Å². The second-order valence-corrected chi connectivity index (χ2v) is 5.04. The number of rotatable bonds is 2. The zero-order valence-electron chi connectivity index (χ0n) is 10.9. The summed E-state index contributed by atoms with van der Waals surface area (Å²) in [5.74, 6) is 0. The van der Waals surface area contributed by atoms with Gasteiger partial charge in [-0.05, 0) is 27.0 Å². The number of piperazine rings is 1. The third-order valence-corrected chi connectivity index (χ3v) is 3.53. The molecule has 1 aliphatic heterocycles. The first kappa shape index (κ1) is 12.4. The number of nitrogens with zero attached hydrogens (tertiary/aromatic N) is 2. The van der Waals surface area contributed by atoms with Gasteiger partial charge in [0.05, 0.1) is 6.10 Å². The van der Waals surface area contributed by atoms with E-state index < -0.39 is 6.10 Å². The Labute approximate surface area is 104 Å². The molecule has 1 fully saturated rings. The lowest BCUT2D eigenvalue weighted by Gasteiger charge is -2.41. The zero-order valence-corrected chi connectivity index (χ0v) is 10.9. The lowest BCUT2D eigenvalue weighted by molar-refractivity contribution is 0.198. The van der Waals surface area contributed by atoms with Gasteiger partial charge >= 0.3 is 0 Å². The van der Waals surface area contributed by atoms with Crippen LogP contribution < -0.4 is 4.90 Å². The molecular formula is C14H22N2O. The molecule has 1 aliphatic rings. The Morgan fingerprint density at radius 2 is 2.00 bits per heavy atom. The van der Waals surface area contributed by atoms with E-state index in [0.717, 1.165) is 25.2 Å². The molecule has 1 N–H and O–H groups in total. The Morgan fingerprint density at radius 3 is 2.65 bits per heavy atom. The molecule has 1 aromatic rings. The van der Waals surface area contributed by atoms with Crippen LogP contribution in [0, 0.1) is 0 Å². The van der Waals surface area contributed by atoms with Gasteiger partial charge in [-0.3, -0.25) is 0 Å². The first-order valence-corrected chi connectivity index (χ1v) is 6.31. The SMILES string of the molecule is CC1CN(C)CCN1c1ccccc1[C@@H](C)O. The molecule has 0 spiro atoms. The second-order valence-electron chi connectivity index (χ2n) is 5.04. The topological polar surface area (TPSA) is 26.7 Å². The van der Waals surface area contributed by atoms with E-state index in [-0.39, 0.29) is 0 Å². The number of hydrogen-bond acceptors (Lipinski definition) is 3. The minimum atomic E-state index is -0.405. The van der Waals surface area contributed by atoms with E-state index in [4.69, 9.17) is 0 Å². The number of aliphatic hydroxyl groups is 1. The van der Waals surface area contributed by atoms with Crippen molar-refractivity contribution in [3.63, 3.8) is 0 Å². The summed E-state index contributed by atoms with van der Waals surface area (Å²) in [6, 6.07) is 8.67. The van der Waals surface area contributed by atoms with Gasteiger partial charge in [0.2, 0.25) is 0 Å². The minimum Gasteiger partial charge on any atom is -0.389 e. The normalized spacial score (nSPS) is 23.8. The van der Waals surface area contributed by atoms with Crippen molar-refractivity contribution in [2.45, 2.75) is 26.0 Å². The quantitative estimate of drug-likeness (QED) is 0.846. The van der Waals surface area contributed by atoms with Crippen LogP contribution in [-0.2, 0) is 0 Å². The van der Waals surface area contributed by atoms with Crippen LogP contribution in [0.1, 0.15) is 25.5 Å². The van der Waals surface area contributed by atoms with Crippen molar-refractivity contribution in [2.24, 2.45) is 0 Å². The first-order chi connectivity index (χ1) is 8.09. The molecule has 0 aliphatic carbocycles. The van der Waals surface area contributed by atoms with Crippen LogP contribution in [0.3, 0.4) is 0 Å². The predicted octanol–water partition coefficient (Wildman–Crippen LogP) is 1.88. The van der Waals surface area contributed by atoms with Crippen LogP contribution in [0.25, 0.3) is 0 Å². The van der Waals surface area contributed by atoms with Gasteiger partial charge in [0, 0.05) is 36.9 Å². The third-order valence-electron chi connectivity index (χ3n) is 3.53. The summed E-state index contributed by atoms with van der Waals surface area (Å²) in [5.41, 5.74) is 2.21. The largest absolute Gasteiger partial charge is 0.389 e. The maximum Gasteiger partial charge on any atom is 0.0781 e. The van der Waals surface area contributed by atoms with Gasteiger partial charge in [-0.2, -0.15) is 0 Å². The van der Waals surface area contributed by atoms with Crippen molar-refractivity contribution in [2.75, 3.05) is 31.6 Å². The first-order valence-electron chi connectivity index (χ1n) is 6.31. The Bertz CT molecular complexity index is 378. The molecule has 1 saturated heterocycles. The van der Waals surface area contributed by atoms with Gasteiger partial charge in [0.25, 0.3) is 0 Å². The molecule has 0 radical (unpaired) electrons. The summed E-state index contributed by atoms with van der Waals surface area (Å²) in [6.45, 7) is 7.27. The summed E-state index contributed by atoms with van der Waals surface area (Å²) >= 11 is 0. The molecule has 1 heterocycles. The number of anilines is 1. The number of hydrogen-bond donors (Lipinski definition) is 1. The molecule has 3 nitrogen and oxygen atoms in total. The molecule has 0 aromatic heterocycles.